The minimum absolute atomic E-state index is 0.575. The van der Waals surface area contributed by atoms with E-state index in [1.54, 1.807) is 11.3 Å². The summed E-state index contributed by atoms with van der Waals surface area (Å²) >= 11 is 3.63. The fraction of sp³-hybridized carbons (Fsp3) is 0.667. The van der Waals surface area contributed by atoms with Gasteiger partial charge in [0, 0.05) is 29.8 Å². The quantitative estimate of drug-likeness (QED) is 0.787. The van der Waals surface area contributed by atoms with E-state index in [1.807, 2.05) is 23.3 Å². The minimum atomic E-state index is 0.575. The molecular formula is C9H16N2S2. The number of thioether (sulfide) groups is 1. The van der Waals surface area contributed by atoms with Gasteiger partial charge >= 0.3 is 0 Å². The lowest BCUT2D eigenvalue weighted by molar-refractivity contribution is 0.572. The molecule has 1 heterocycles. The first kappa shape index (κ1) is 11.0. The molecular weight excluding hydrogens is 200 g/mol. The molecule has 1 N–H and O–H groups in total. The van der Waals surface area contributed by atoms with Crippen molar-refractivity contribution in [3.05, 3.63) is 16.6 Å². The summed E-state index contributed by atoms with van der Waals surface area (Å²) in [6.07, 6.45) is 5.08. The van der Waals surface area contributed by atoms with Crippen molar-refractivity contribution in [1.29, 1.82) is 0 Å². The molecule has 0 spiro atoms. The molecule has 1 atom stereocenters. The lowest BCUT2D eigenvalue weighted by Gasteiger charge is -2.14. The average Bonchev–Trinajstić information content (AvgIpc) is 2.58. The lowest BCUT2D eigenvalue weighted by atomic mass is 10.2. The number of hydrogen-bond donors (Lipinski definition) is 1. The molecule has 1 aromatic rings. The fourth-order valence-corrected chi connectivity index (χ4v) is 2.58. The fourth-order valence-electron chi connectivity index (χ4n) is 1.24. The van der Waals surface area contributed by atoms with Gasteiger partial charge in [-0.05, 0) is 12.8 Å². The van der Waals surface area contributed by atoms with E-state index < -0.39 is 0 Å². The number of nitrogens with one attached hydrogen (secondary N) is 1. The molecule has 13 heavy (non-hydrogen) atoms. The van der Waals surface area contributed by atoms with E-state index in [1.165, 1.54) is 5.01 Å². The van der Waals surface area contributed by atoms with Crippen LogP contribution in [0, 0.1) is 0 Å². The molecule has 0 saturated carbocycles. The van der Waals surface area contributed by atoms with Crippen molar-refractivity contribution in [1.82, 2.24) is 10.3 Å². The zero-order valence-corrected chi connectivity index (χ0v) is 9.75. The molecule has 1 unspecified atom stereocenters. The summed E-state index contributed by atoms with van der Waals surface area (Å²) in [6.45, 7) is 3.19. The molecule has 0 bridgehead atoms. The Hall–Kier alpha value is -0.0600. The van der Waals surface area contributed by atoms with E-state index in [9.17, 15) is 0 Å². The highest BCUT2D eigenvalue weighted by molar-refractivity contribution is 7.98. The molecule has 1 rings (SSSR count). The smallest absolute Gasteiger partial charge is 0.0940 e. The highest BCUT2D eigenvalue weighted by Crippen LogP contribution is 2.09. The maximum atomic E-state index is 4.29. The van der Waals surface area contributed by atoms with Crippen LogP contribution in [0.5, 0.6) is 0 Å². The van der Waals surface area contributed by atoms with Crippen LogP contribution in [0.4, 0.5) is 0 Å². The number of likely N-dealkylation sites (N-methyl/N-ethyl adjacent to an activating group) is 1. The van der Waals surface area contributed by atoms with Crippen molar-refractivity contribution in [3.63, 3.8) is 0 Å². The van der Waals surface area contributed by atoms with Gasteiger partial charge in [0.1, 0.15) is 0 Å². The Morgan fingerprint density at radius 2 is 2.54 bits per heavy atom. The molecule has 0 amide bonds. The molecule has 0 aromatic carbocycles. The monoisotopic (exact) mass is 216 g/mol. The summed E-state index contributed by atoms with van der Waals surface area (Å²) in [7, 11) is 0. The average molecular weight is 216 g/mol. The number of nitrogens with zero attached hydrogens (tertiary/aromatic N) is 1. The third kappa shape index (κ3) is 4.11. The van der Waals surface area contributed by atoms with Crippen molar-refractivity contribution < 1.29 is 0 Å². The van der Waals surface area contributed by atoms with E-state index in [0.29, 0.717) is 6.04 Å². The second kappa shape index (κ2) is 6.40. The highest BCUT2D eigenvalue weighted by atomic mass is 32.2. The van der Waals surface area contributed by atoms with Crippen LogP contribution in [0.1, 0.15) is 11.9 Å². The molecule has 0 aliphatic rings. The predicted molar refractivity (Wildman–Crippen MR) is 61.7 cm³/mol. The van der Waals surface area contributed by atoms with Gasteiger partial charge in [0.05, 0.1) is 5.01 Å². The first-order valence-corrected chi connectivity index (χ1v) is 6.74. The third-order valence-corrected chi connectivity index (χ3v) is 3.30. The van der Waals surface area contributed by atoms with Crippen molar-refractivity contribution in [2.24, 2.45) is 0 Å². The Bertz CT molecular complexity index is 205. The number of aromatic nitrogens is 1. The van der Waals surface area contributed by atoms with Gasteiger partial charge in [-0.1, -0.05) is 6.92 Å². The molecule has 0 aliphatic carbocycles. The predicted octanol–water partition coefficient (Wildman–Crippen LogP) is 2.03. The van der Waals surface area contributed by atoms with Gasteiger partial charge in [0.25, 0.3) is 0 Å². The molecule has 0 radical (unpaired) electrons. The zero-order chi connectivity index (χ0) is 9.52. The Morgan fingerprint density at radius 1 is 1.69 bits per heavy atom. The van der Waals surface area contributed by atoms with Crippen LogP contribution in [-0.2, 0) is 6.42 Å². The van der Waals surface area contributed by atoms with E-state index >= 15 is 0 Å². The first-order chi connectivity index (χ1) is 6.36. The van der Waals surface area contributed by atoms with Crippen molar-refractivity contribution >= 4 is 23.1 Å². The van der Waals surface area contributed by atoms with Gasteiger partial charge in [0.2, 0.25) is 0 Å². The van der Waals surface area contributed by atoms with Crippen molar-refractivity contribution in [3.8, 4) is 0 Å². The molecule has 0 fully saturated rings. The Labute approximate surface area is 88.2 Å². The molecule has 0 aliphatic heterocycles. The highest BCUT2D eigenvalue weighted by Gasteiger charge is 2.08. The van der Waals surface area contributed by atoms with E-state index in [0.717, 1.165) is 18.7 Å². The minimum Gasteiger partial charge on any atom is -0.313 e. The summed E-state index contributed by atoms with van der Waals surface area (Å²) in [5, 5.41) is 6.74. The summed E-state index contributed by atoms with van der Waals surface area (Å²) in [5.41, 5.74) is 0. The van der Waals surface area contributed by atoms with Crippen molar-refractivity contribution in [2.75, 3.05) is 18.6 Å². The van der Waals surface area contributed by atoms with Crippen molar-refractivity contribution in [2.45, 2.75) is 19.4 Å². The second-order valence-corrected chi connectivity index (χ2v) is 4.73. The van der Waals surface area contributed by atoms with Crippen LogP contribution in [0.2, 0.25) is 0 Å². The number of thiazole rings is 1. The lowest BCUT2D eigenvalue weighted by Crippen LogP contribution is -2.33. The summed E-state index contributed by atoms with van der Waals surface area (Å²) in [4.78, 5) is 4.29. The Balaban J connectivity index is 2.37. The van der Waals surface area contributed by atoms with E-state index in [-0.39, 0.29) is 0 Å². The van der Waals surface area contributed by atoms with E-state index in [4.69, 9.17) is 0 Å². The number of hydrogen-bond acceptors (Lipinski definition) is 4. The molecule has 0 saturated heterocycles. The van der Waals surface area contributed by atoms with Crippen LogP contribution in [0.3, 0.4) is 0 Å². The molecule has 74 valence electrons. The molecule has 4 heteroatoms. The van der Waals surface area contributed by atoms with Gasteiger partial charge in [-0.2, -0.15) is 11.8 Å². The summed E-state index contributed by atoms with van der Waals surface area (Å²) in [5.74, 6) is 1.16. The SMILES string of the molecule is CCNC(CSC)Cc1nccs1. The summed E-state index contributed by atoms with van der Waals surface area (Å²) < 4.78 is 0. The van der Waals surface area contributed by atoms with Gasteiger partial charge in [-0.25, -0.2) is 4.98 Å². The summed E-state index contributed by atoms with van der Waals surface area (Å²) in [6, 6.07) is 0.575. The first-order valence-electron chi connectivity index (χ1n) is 4.47. The van der Waals surface area contributed by atoms with Crippen LogP contribution >= 0.6 is 23.1 Å². The second-order valence-electron chi connectivity index (χ2n) is 2.84. The molecule has 1 aromatic heterocycles. The maximum Gasteiger partial charge on any atom is 0.0940 e. The van der Waals surface area contributed by atoms with Crippen LogP contribution in [0.25, 0.3) is 0 Å². The standard InChI is InChI=1S/C9H16N2S2/c1-3-10-8(7-12-2)6-9-11-4-5-13-9/h4-5,8,10H,3,6-7H2,1-2H3. The maximum absolute atomic E-state index is 4.29. The van der Waals surface area contributed by atoms with Crippen LogP contribution < -0.4 is 5.32 Å². The molecule has 2 nitrogen and oxygen atoms in total. The largest absolute Gasteiger partial charge is 0.313 e. The van der Waals surface area contributed by atoms with Gasteiger partial charge < -0.3 is 5.32 Å². The normalized spacial score (nSPS) is 13.1. The van der Waals surface area contributed by atoms with Crippen LogP contribution in [-0.4, -0.2) is 29.6 Å². The topological polar surface area (TPSA) is 24.9 Å². The van der Waals surface area contributed by atoms with Gasteiger partial charge in [-0.3, -0.25) is 0 Å². The van der Waals surface area contributed by atoms with Gasteiger partial charge in [-0.15, -0.1) is 11.3 Å². The third-order valence-electron chi connectivity index (χ3n) is 1.77. The number of rotatable bonds is 6. The Morgan fingerprint density at radius 3 is 3.08 bits per heavy atom. The zero-order valence-electron chi connectivity index (χ0n) is 8.12. The Kier molecular flexibility index (Phi) is 5.43. The van der Waals surface area contributed by atoms with Gasteiger partial charge in [0.15, 0.2) is 0 Å². The van der Waals surface area contributed by atoms with E-state index in [2.05, 4.69) is 23.5 Å². The van der Waals surface area contributed by atoms with Crippen LogP contribution in [0.15, 0.2) is 11.6 Å².